The number of hydrogen-bond donors (Lipinski definition) is 2. The Hall–Kier alpha value is -1.60. The number of nitrogens with one attached hydrogen (secondary N) is 2. The van der Waals surface area contributed by atoms with Crippen molar-refractivity contribution in [3.63, 3.8) is 0 Å². The van der Waals surface area contributed by atoms with Crippen molar-refractivity contribution in [2.45, 2.75) is 0 Å². The third-order valence-electron chi connectivity index (χ3n) is 4.12. The summed E-state index contributed by atoms with van der Waals surface area (Å²) in [5, 5.41) is 0.671. The Morgan fingerprint density at radius 1 is 0.586 bits per heavy atom. The molecular formula is C20H13Cl4GaN4. The first kappa shape index (κ1) is 25.4. The molecule has 3 aromatic rings. The fourth-order valence-electron chi connectivity index (χ4n) is 2.98. The second-order valence-corrected chi connectivity index (χ2v) is 6.43. The predicted molar refractivity (Wildman–Crippen MR) is 110 cm³/mol. The molecule has 5 rings (SSSR count). The predicted octanol–water partition coefficient (Wildman–Crippen LogP) is -4.06. The van der Waals surface area contributed by atoms with Crippen molar-refractivity contribution < 1.29 is 37.2 Å². The van der Waals surface area contributed by atoms with E-state index in [4.69, 9.17) is 11.6 Å². The smallest absolute Gasteiger partial charge is 1.00 e. The van der Waals surface area contributed by atoms with Gasteiger partial charge in [0.1, 0.15) is 0 Å². The summed E-state index contributed by atoms with van der Waals surface area (Å²) in [6.07, 6.45) is 7.94. The standard InChI is InChI=1S/C20H13ClN4.3ClH.Ga/c21-19-10-18-9-16-4-3-14(23-16)7-12-1-2-13(22-12)8-15-5-6-17(24-15)11-20(19)25-18;;;;/h1-11,23,25H;3*1H;/q;;;;+3/p-3. The molecule has 29 heavy (non-hydrogen) atoms. The van der Waals surface area contributed by atoms with Gasteiger partial charge in [-0.25, -0.2) is 9.97 Å². The summed E-state index contributed by atoms with van der Waals surface area (Å²) in [6.45, 7) is 0. The molecule has 144 valence electrons. The minimum atomic E-state index is 0. The SMILES string of the molecule is Clc1cc2cc3ccc(cc4nc(cc5nc(cc1[nH]2)C=C5)C=C4)[nH]3.[Cl-].[Cl-].[Cl-].[Ga+3]. The molecule has 0 radical (unpaired) electrons. The van der Waals surface area contributed by atoms with Crippen molar-refractivity contribution in [1.29, 1.82) is 0 Å². The molecule has 0 atom stereocenters. The van der Waals surface area contributed by atoms with Crippen LogP contribution in [0.1, 0.15) is 22.8 Å². The number of H-pyrrole nitrogens is 2. The molecule has 3 aromatic heterocycles. The third-order valence-corrected chi connectivity index (χ3v) is 4.43. The van der Waals surface area contributed by atoms with Gasteiger partial charge in [0.05, 0.1) is 33.3 Å². The largest absolute Gasteiger partial charge is 3.00 e. The molecular weight excluding hydrogens is 508 g/mol. The Labute approximate surface area is 204 Å². The topological polar surface area (TPSA) is 57.4 Å². The molecule has 2 aliphatic heterocycles. The molecule has 0 saturated carbocycles. The second kappa shape index (κ2) is 10.4. The number of nitrogens with zero attached hydrogens (tertiary/aromatic N) is 2. The number of rotatable bonds is 0. The van der Waals surface area contributed by atoms with Crippen LogP contribution < -0.4 is 37.2 Å². The van der Waals surface area contributed by atoms with Gasteiger partial charge in [-0.3, -0.25) is 0 Å². The van der Waals surface area contributed by atoms with Crippen molar-refractivity contribution >= 4 is 77.8 Å². The summed E-state index contributed by atoms with van der Waals surface area (Å²) in [4.78, 5) is 15.9. The Kier molecular flexibility index (Phi) is 9.15. The van der Waals surface area contributed by atoms with Gasteiger partial charge in [0.25, 0.3) is 0 Å². The van der Waals surface area contributed by atoms with Crippen LogP contribution >= 0.6 is 11.6 Å². The van der Waals surface area contributed by atoms with Crippen molar-refractivity contribution in [1.82, 2.24) is 19.9 Å². The number of hydrogen-bond acceptors (Lipinski definition) is 2. The van der Waals surface area contributed by atoms with Gasteiger partial charge in [-0.15, -0.1) is 0 Å². The first-order valence-corrected chi connectivity index (χ1v) is 8.33. The number of fused-ring (bicyclic) bond motifs is 8. The zero-order valence-corrected chi connectivity index (χ0v) is 20.3. The van der Waals surface area contributed by atoms with Crippen LogP contribution in [0, 0.1) is 0 Å². The van der Waals surface area contributed by atoms with Gasteiger partial charge >= 0.3 is 19.8 Å². The molecule has 8 bridgehead atoms. The van der Waals surface area contributed by atoms with E-state index in [1.54, 1.807) is 0 Å². The summed E-state index contributed by atoms with van der Waals surface area (Å²) in [5.41, 5.74) is 7.31. The Morgan fingerprint density at radius 3 is 1.72 bits per heavy atom. The van der Waals surface area contributed by atoms with Gasteiger partial charge < -0.3 is 47.2 Å². The maximum atomic E-state index is 6.36. The second-order valence-electron chi connectivity index (χ2n) is 6.02. The van der Waals surface area contributed by atoms with E-state index in [0.29, 0.717) is 5.02 Å². The molecule has 0 saturated heterocycles. The Bertz CT molecular complexity index is 1230. The van der Waals surface area contributed by atoms with Crippen molar-refractivity contribution in [2.24, 2.45) is 0 Å². The zero-order valence-electron chi connectivity index (χ0n) is 14.8. The Balaban J connectivity index is 0.00000105. The number of halogens is 4. The van der Waals surface area contributed by atoms with Gasteiger partial charge in [-0.2, -0.15) is 0 Å². The van der Waals surface area contributed by atoms with Crippen molar-refractivity contribution in [3.8, 4) is 0 Å². The van der Waals surface area contributed by atoms with E-state index in [-0.39, 0.29) is 57.0 Å². The molecule has 0 unspecified atom stereocenters. The maximum absolute atomic E-state index is 6.36. The third kappa shape index (κ3) is 5.51. The molecule has 5 heterocycles. The van der Waals surface area contributed by atoms with Crippen LogP contribution in [0.4, 0.5) is 0 Å². The van der Waals surface area contributed by atoms with Crippen LogP contribution in [0.15, 0.2) is 42.5 Å². The molecule has 0 aromatic carbocycles. The van der Waals surface area contributed by atoms with Gasteiger partial charge in [-0.05, 0) is 66.8 Å². The van der Waals surface area contributed by atoms with Gasteiger partial charge in [0.2, 0.25) is 0 Å². The summed E-state index contributed by atoms with van der Waals surface area (Å²) < 4.78 is 0. The normalized spacial score (nSPS) is 10.9. The maximum Gasteiger partial charge on any atom is 3.00 e. The van der Waals surface area contributed by atoms with Crippen LogP contribution in [0.3, 0.4) is 0 Å². The van der Waals surface area contributed by atoms with Crippen LogP contribution in [0.2, 0.25) is 5.02 Å². The molecule has 0 amide bonds. The van der Waals surface area contributed by atoms with Crippen LogP contribution in [-0.4, -0.2) is 39.7 Å². The van der Waals surface area contributed by atoms with Crippen molar-refractivity contribution in [3.05, 3.63) is 70.3 Å². The molecule has 2 N–H and O–H groups in total. The van der Waals surface area contributed by atoms with Crippen molar-refractivity contribution in [2.75, 3.05) is 0 Å². The summed E-state index contributed by atoms with van der Waals surface area (Å²) in [7, 11) is 0. The average molecular weight is 521 g/mol. The molecule has 4 nitrogen and oxygen atoms in total. The van der Waals surface area contributed by atoms with E-state index in [1.807, 2.05) is 66.8 Å². The van der Waals surface area contributed by atoms with E-state index in [0.717, 1.165) is 44.8 Å². The first-order chi connectivity index (χ1) is 12.2. The molecule has 0 spiro atoms. The van der Waals surface area contributed by atoms with Gasteiger partial charge in [-0.1, -0.05) is 11.6 Å². The Morgan fingerprint density at radius 2 is 1.10 bits per heavy atom. The van der Waals surface area contributed by atoms with Crippen LogP contribution in [-0.2, 0) is 0 Å². The van der Waals surface area contributed by atoms with E-state index in [9.17, 15) is 0 Å². The van der Waals surface area contributed by atoms with E-state index in [1.165, 1.54) is 0 Å². The van der Waals surface area contributed by atoms with E-state index < -0.39 is 0 Å². The first-order valence-electron chi connectivity index (χ1n) is 7.95. The molecule has 0 aliphatic carbocycles. The average Bonchev–Trinajstić information content (AvgIpc) is 3.33. The molecule has 9 heteroatoms. The fourth-order valence-corrected chi connectivity index (χ4v) is 3.20. The van der Waals surface area contributed by atoms with E-state index in [2.05, 4.69) is 19.9 Å². The minimum Gasteiger partial charge on any atom is -1.00 e. The van der Waals surface area contributed by atoms with Gasteiger partial charge in [0, 0.05) is 16.6 Å². The summed E-state index contributed by atoms with van der Waals surface area (Å²) >= 11 is 6.36. The zero-order chi connectivity index (χ0) is 16.8. The number of aromatic nitrogens is 4. The van der Waals surface area contributed by atoms with Crippen LogP contribution in [0.25, 0.3) is 46.4 Å². The monoisotopic (exact) mass is 518 g/mol. The van der Waals surface area contributed by atoms with Gasteiger partial charge in [0.15, 0.2) is 0 Å². The minimum absolute atomic E-state index is 0. The molecule has 0 fully saturated rings. The van der Waals surface area contributed by atoms with E-state index >= 15 is 0 Å². The number of aromatic amines is 2. The summed E-state index contributed by atoms with van der Waals surface area (Å²) in [5.74, 6) is 0. The quantitative estimate of drug-likeness (QED) is 0.204. The molecule has 2 aliphatic rings. The fraction of sp³-hybridized carbons (Fsp3) is 0. The summed E-state index contributed by atoms with van der Waals surface area (Å²) in [6, 6.07) is 13.9. The van der Waals surface area contributed by atoms with Crippen LogP contribution in [0.5, 0.6) is 0 Å².